The molecule has 2 heterocycles. The number of nitrogens with zero attached hydrogens (tertiary/aromatic N) is 1. The summed E-state index contributed by atoms with van der Waals surface area (Å²) in [4.78, 5) is 20.8. The van der Waals surface area contributed by atoms with Gasteiger partial charge in [0.1, 0.15) is 5.52 Å². The SMILES string of the molecule is Cl.O=c1[nH]cnc2c(CNCC(O)CO)c[nH]c12. The van der Waals surface area contributed by atoms with Crippen molar-refractivity contribution in [2.45, 2.75) is 12.6 Å². The number of rotatable bonds is 5. The number of H-pyrrole nitrogens is 2. The van der Waals surface area contributed by atoms with E-state index in [2.05, 4.69) is 20.3 Å². The van der Waals surface area contributed by atoms with Crippen LogP contribution in [-0.4, -0.2) is 44.4 Å². The van der Waals surface area contributed by atoms with Gasteiger partial charge in [-0.25, -0.2) is 4.98 Å². The minimum absolute atomic E-state index is 0. The number of aromatic nitrogens is 3. The van der Waals surface area contributed by atoms with Gasteiger partial charge in [0, 0.05) is 24.8 Å². The zero-order valence-corrected chi connectivity index (χ0v) is 10.3. The molecule has 0 aliphatic rings. The monoisotopic (exact) mass is 274 g/mol. The van der Waals surface area contributed by atoms with Crippen molar-refractivity contribution in [1.82, 2.24) is 20.3 Å². The lowest BCUT2D eigenvalue weighted by atomic mass is 10.2. The summed E-state index contributed by atoms with van der Waals surface area (Å²) in [7, 11) is 0. The summed E-state index contributed by atoms with van der Waals surface area (Å²) >= 11 is 0. The molecule has 7 nitrogen and oxygen atoms in total. The van der Waals surface area contributed by atoms with Gasteiger partial charge >= 0.3 is 0 Å². The van der Waals surface area contributed by atoms with Crippen molar-refractivity contribution in [2.75, 3.05) is 13.2 Å². The molecule has 5 N–H and O–H groups in total. The second-order valence-corrected chi connectivity index (χ2v) is 3.74. The number of aromatic amines is 2. The molecule has 0 aliphatic heterocycles. The molecule has 1 atom stereocenters. The van der Waals surface area contributed by atoms with Crippen molar-refractivity contribution in [3.05, 3.63) is 28.4 Å². The Kier molecular flexibility index (Phi) is 5.29. The van der Waals surface area contributed by atoms with Crippen molar-refractivity contribution >= 4 is 23.4 Å². The van der Waals surface area contributed by atoms with E-state index in [0.717, 1.165) is 5.56 Å². The van der Waals surface area contributed by atoms with Crippen LogP contribution in [0.3, 0.4) is 0 Å². The second kappa shape index (κ2) is 6.50. The molecule has 0 aromatic carbocycles. The number of nitrogens with one attached hydrogen (secondary N) is 3. The predicted octanol–water partition coefficient (Wildman–Crippen LogP) is -0.884. The molecule has 18 heavy (non-hydrogen) atoms. The van der Waals surface area contributed by atoms with Gasteiger partial charge in [0.05, 0.1) is 24.6 Å². The third kappa shape index (κ3) is 3.08. The highest BCUT2D eigenvalue weighted by atomic mass is 35.5. The normalized spacial score (nSPS) is 12.3. The van der Waals surface area contributed by atoms with Gasteiger partial charge in [-0.15, -0.1) is 12.4 Å². The average Bonchev–Trinajstić information content (AvgIpc) is 2.74. The van der Waals surface area contributed by atoms with Gasteiger partial charge in [0.2, 0.25) is 0 Å². The largest absolute Gasteiger partial charge is 0.394 e. The van der Waals surface area contributed by atoms with Crippen molar-refractivity contribution in [1.29, 1.82) is 0 Å². The van der Waals surface area contributed by atoms with Crippen LogP contribution in [0.25, 0.3) is 11.0 Å². The van der Waals surface area contributed by atoms with Gasteiger partial charge < -0.3 is 25.5 Å². The minimum atomic E-state index is -0.781. The molecule has 0 saturated carbocycles. The van der Waals surface area contributed by atoms with Crippen molar-refractivity contribution in [2.24, 2.45) is 0 Å². The maximum Gasteiger partial charge on any atom is 0.275 e. The van der Waals surface area contributed by atoms with Crippen molar-refractivity contribution < 1.29 is 10.2 Å². The average molecular weight is 275 g/mol. The minimum Gasteiger partial charge on any atom is -0.394 e. The van der Waals surface area contributed by atoms with E-state index in [1.54, 1.807) is 6.20 Å². The first-order valence-corrected chi connectivity index (χ1v) is 5.25. The highest BCUT2D eigenvalue weighted by Crippen LogP contribution is 2.10. The highest BCUT2D eigenvalue weighted by molar-refractivity contribution is 5.85. The quantitative estimate of drug-likeness (QED) is 0.486. The van der Waals surface area contributed by atoms with Gasteiger partial charge in [-0.1, -0.05) is 0 Å². The number of halogens is 1. The Labute approximate surface area is 109 Å². The molecule has 0 amide bonds. The maximum atomic E-state index is 11.4. The van der Waals surface area contributed by atoms with E-state index in [4.69, 9.17) is 10.2 Å². The van der Waals surface area contributed by atoms with E-state index >= 15 is 0 Å². The van der Waals surface area contributed by atoms with Gasteiger partial charge in [-0.2, -0.15) is 0 Å². The number of hydrogen-bond donors (Lipinski definition) is 5. The molecule has 0 spiro atoms. The number of hydrogen-bond acceptors (Lipinski definition) is 5. The Bertz CT molecular complexity index is 553. The van der Waals surface area contributed by atoms with Crippen LogP contribution in [0.4, 0.5) is 0 Å². The lowest BCUT2D eigenvalue weighted by Crippen LogP contribution is -2.28. The summed E-state index contributed by atoms with van der Waals surface area (Å²) in [5.41, 5.74) is 1.68. The topological polar surface area (TPSA) is 114 Å². The standard InChI is InChI=1S/C10H14N4O3.ClH/c15-4-7(16)3-11-1-6-2-12-9-8(6)13-5-14-10(9)17;/h2,5,7,11-12,15-16H,1,3-4H2,(H,13,14,17);1H. The van der Waals surface area contributed by atoms with Crippen molar-refractivity contribution in [3.63, 3.8) is 0 Å². The van der Waals surface area contributed by atoms with E-state index in [9.17, 15) is 4.79 Å². The Hall–Kier alpha value is -1.41. The Morgan fingerprint density at radius 1 is 1.44 bits per heavy atom. The fraction of sp³-hybridized carbons (Fsp3) is 0.400. The first-order chi connectivity index (χ1) is 8.22. The van der Waals surface area contributed by atoms with Crippen LogP contribution in [0.5, 0.6) is 0 Å². The van der Waals surface area contributed by atoms with Gasteiger partial charge in [-0.05, 0) is 0 Å². The summed E-state index contributed by atoms with van der Waals surface area (Å²) < 4.78 is 0. The smallest absolute Gasteiger partial charge is 0.275 e. The molecular formula is C10H15ClN4O3. The molecule has 0 radical (unpaired) electrons. The molecule has 0 saturated heterocycles. The fourth-order valence-electron chi connectivity index (χ4n) is 1.58. The summed E-state index contributed by atoms with van der Waals surface area (Å²) in [5, 5.41) is 20.8. The zero-order valence-electron chi connectivity index (χ0n) is 9.51. The van der Waals surface area contributed by atoms with Crippen LogP contribution >= 0.6 is 12.4 Å². The molecule has 2 aromatic heterocycles. The van der Waals surface area contributed by atoms with Crippen LogP contribution in [0.1, 0.15) is 5.56 Å². The molecule has 8 heteroatoms. The molecule has 2 rings (SSSR count). The summed E-state index contributed by atoms with van der Waals surface area (Å²) in [6.07, 6.45) is 2.27. The van der Waals surface area contributed by atoms with E-state index in [0.29, 0.717) is 17.6 Å². The molecule has 2 aromatic rings. The van der Waals surface area contributed by atoms with Crippen LogP contribution in [0.2, 0.25) is 0 Å². The molecule has 1 unspecified atom stereocenters. The predicted molar refractivity (Wildman–Crippen MR) is 68.8 cm³/mol. The molecule has 100 valence electrons. The first-order valence-electron chi connectivity index (χ1n) is 5.25. The fourth-order valence-corrected chi connectivity index (χ4v) is 1.58. The molecule has 0 fully saturated rings. The lowest BCUT2D eigenvalue weighted by Gasteiger charge is -2.07. The summed E-state index contributed by atoms with van der Waals surface area (Å²) in [6, 6.07) is 0. The molecule has 0 bridgehead atoms. The zero-order chi connectivity index (χ0) is 12.3. The second-order valence-electron chi connectivity index (χ2n) is 3.74. The Morgan fingerprint density at radius 2 is 2.22 bits per heavy atom. The van der Waals surface area contributed by atoms with Gasteiger partial charge in [0.15, 0.2) is 0 Å². The number of fused-ring (bicyclic) bond motifs is 1. The molecular weight excluding hydrogens is 260 g/mol. The van der Waals surface area contributed by atoms with Gasteiger partial charge in [-0.3, -0.25) is 4.79 Å². The van der Waals surface area contributed by atoms with Crippen LogP contribution in [0.15, 0.2) is 17.3 Å². The third-order valence-corrected chi connectivity index (χ3v) is 2.45. The van der Waals surface area contributed by atoms with E-state index in [1.807, 2.05) is 0 Å². The lowest BCUT2D eigenvalue weighted by molar-refractivity contribution is 0.0942. The maximum absolute atomic E-state index is 11.4. The van der Waals surface area contributed by atoms with Crippen LogP contribution < -0.4 is 10.9 Å². The third-order valence-electron chi connectivity index (χ3n) is 2.45. The van der Waals surface area contributed by atoms with Crippen LogP contribution in [0, 0.1) is 0 Å². The van der Waals surface area contributed by atoms with E-state index < -0.39 is 6.10 Å². The molecule has 0 aliphatic carbocycles. The van der Waals surface area contributed by atoms with E-state index in [-0.39, 0.29) is 31.1 Å². The van der Waals surface area contributed by atoms with E-state index in [1.165, 1.54) is 6.33 Å². The first kappa shape index (κ1) is 14.7. The number of aliphatic hydroxyl groups excluding tert-OH is 2. The Balaban J connectivity index is 0.00000162. The van der Waals surface area contributed by atoms with Gasteiger partial charge in [0.25, 0.3) is 5.56 Å². The number of aliphatic hydroxyl groups is 2. The highest BCUT2D eigenvalue weighted by Gasteiger charge is 2.08. The summed E-state index contributed by atoms with van der Waals surface area (Å²) in [5.74, 6) is 0. The van der Waals surface area contributed by atoms with Crippen LogP contribution in [-0.2, 0) is 6.54 Å². The Morgan fingerprint density at radius 3 is 2.94 bits per heavy atom. The van der Waals surface area contributed by atoms with Crippen molar-refractivity contribution in [3.8, 4) is 0 Å². The summed E-state index contributed by atoms with van der Waals surface area (Å²) in [6.45, 7) is 0.471.